The molecule has 136 valence electrons. The molecule has 0 radical (unpaired) electrons. The van der Waals surface area contributed by atoms with Crippen LogP contribution in [-0.4, -0.2) is 11.8 Å². The fourth-order valence-corrected chi connectivity index (χ4v) is 3.29. The molecule has 0 unspecified atom stereocenters. The van der Waals surface area contributed by atoms with Crippen molar-refractivity contribution in [3.63, 3.8) is 0 Å². The predicted molar refractivity (Wildman–Crippen MR) is 112 cm³/mol. The number of fused-ring (bicyclic) bond motifs is 1. The number of hydrogen-bond acceptors (Lipinski definition) is 1. The van der Waals surface area contributed by atoms with Crippen molar-refractivity contribution in [3.05, 3.63) is 46.5 Å². The molecule has 2 rings (SSSR count). The standard InChI is InChI=1S/C24H35N/c1-8-9-10-11-20-14-21(16-25-24(5,6)7)22-15-19(17(2)3)13-12-18(4)23(20)22/h12-17H,8-11H2,1-7H3. The van der Waals surface area contributed by atoms with Crippen LogP contribution in [0.4, 0.5) is 0 Å². The second-order valence-electron chi connectivity index (χ2n) is 8.62. The van der Waals surface area contributed by atoms with E-state index in [9.17, 15) is 0 Å². The highest BCUT2D eigenvalue weighted by atomic mass is 14.8. The van der Waals surface area contributed by atoms with Gasteiger partial charge in [0.25, 0.3) is 0 Å². The number of rotatable bonds is 6. The van der Waals surface area contributed by atoms with Crippen LogP contribution in [0, 0.1) is 6.92 Å². The molecule has 25 heavy (non-hydrogen) atoms. The monoisotopic (exact) mass is 337 g/mol. The zero-order chi connectivity index (χ0) is 18.6. The molecular formula is C24H35N. The van der Waals surface area contributed by atoms with Gasteiger partial charge in [-0.05, 0) is 80.3 Å². The van der Waals surface area contributed by atoms with Crippen LogP contribution in [0.1, 0.15) is 89.0 Å². The second kappa shape index (κ2) is 8.17. The van der Waals surface area contributed by atoms with Crippen molar-refractivity contribution in [1.82, 2.24) is 0 Å². The van der Waals surface area contributed by atoms with Crippen molar-refractivity contribution >= 4 is 6.21 Å². The smallest absolute Gasteiger partial charge is 0.0524 e. The Hall–Kier alpha value is -1.63. The van der Waals surface area contributed by atoms with Crippen molar-refractivity contribution < 1.29 is 0 Å². The molecule has 1 nitrogen and oxygen atoms in total. The Bertz CT molecular complexity index is 701. The van der Waals surface area contributed by atoms with E-state index in [2.05, 4.69) is 78.9 Å². The number of unbranched alkanes of at least 4 members (excludes halogenated alkanes) is 2. The summed E-state index contributed by atoms with van der Waals surface area (Å²) >= 11 is 0. The van der Waals surface area contributed by atoms with Crippen LogP contribution in [-0.2, 0) is 6.42 Å². The molecule has 0 heterocycles. The van der Waals surface area contributed by atoms with Gasteiger partial charge in [0.1, 0.15) is 0 Å². The third-order valence-electron chi connectivity index (χ3n) is 4.77. The van der Waals surface area contributed by atoms with Crippen LogP contribution in [0.3, 0.4) is 0 Å². The first-order chi connectivity index (χ1) is 11.7. The van der Waals surface area contributed by atoms with Gasteiger partial charge in [-0.2, -0.15) is 0 Å². The molecule has 0 aromatic carbocycles. The van der Waals surface area contributed by atoms with Gasteiger partial charge < -0.3 is 0 Å². The van der Waals surface area contributed by atoms with E-state index >= 15 is 0 Å². The summed E-state index contributed by atoms with van der Waals surface area (Å²) in [6.45, 7) is 15.5. The fraction of sp³-hybridized carbons (Fsp3) is 0.542. The molecule has 0 atom stereocenters. The minimum absolute atomic E-state index is 0.0428. The summed E-state index contributed by atoms with van der Waals surface area (Å²) in [5.74, 6) is 0.529. The molecule has 0 aromatic rings. The van der Waals surface area contributed by atoms with E-state index in [4.69, 9.17) is 4.99 Å². The lowest BCUT2D eigenvalue weighted by Gasteiger charge is -2.11. The minimum atomic E-state index is -0.0428. The Labute approximate surface area is 154 Å². The van der Waals surface area contributed by atoms with Gasteiger partial charge in [-0.3, -0.25) is 4.99 Å². The highest BCUT2D eigenvalue weighted by Gasteiger charge is 2.18. The lowest BCUT2D eigenvalue weighted by atomic mass is 9.98. The Morgan fingerprint density at radius 2 is 1.80 bits per heavy atom. The normalized spacial score (nSPS) is 12.6. The van der Waals surface area contributed by atoms with E-state index < -0.39 is 0 Å². The molecular weight excluding hydrogens is 302 g/mol. The Morgan fingerprint density at radius 1 is 1.08 bits per heavy atom. The summed E-state index contributed by atoms with van der Waals surface area (Å²) < 4.78 is 0. The maximum absolute atomic E-state index is 4.79. The van der Waals surface area contributed by atoms with Crippen molar-refractivity contribution in [2.75, 3.05) is 0 Å². The molecule has 0 spiro atoms. The molecule has 0 aromatic heterocycles. The molecule has 2 aliphatic carbocycles. The van der Waals surface area contributed by atoms with E-state index in [1.54, 1.807) is 0 Å². The van der Waals surface area contributed by atoms with Gasteiger partial charge in [-0.15, -0.1) is 0 Å². The third kappa shape index (κ3) is 5.17. The summed E-state index contributed by atoms with van der Waals surface area (Å²) in [6, 6.07) is 9.36. The van der Waals surface area contributed by atoms with Gasteiger partial charge in [0.05, 0.1) is 5.54 Å². The maximum atomic E-state index is 4.79. The Kier molecular flexibility index (Phi) is 6.43. The SMILES string of the molecule is CCCCCc1cc(C=NC(C)(C)C)c2cc(C(C)C)ccc(C)c1-2. The minimum Gasteiger partial charge on any atom is -0.287 e. The molecule has 0 saturated carbocycles. The highest BCUT2D eigenvalue weighted by molar-refractivity contribution is 5.95. The van der Waals surface area contributed by atoms with Crippen molar-refractivity contribution in [1.29, 1.82) is 0 Å². The van der Waals surface area contributed by atoms with E-state index in [1.165, 1.54) is 52.6 Å². The molecule has 2 aliphatic rings. The van der Waals surface area contributed by atoms with Gasteiger partial charge in [0.15, 0.2) is 0 Å². The average molecular weight is 338 g/mol. The van der Waals surface area contributed by atoms with Crippen LogP contribution in [0.5, 0.6) is 0 Å². The van der Waals surface area contributed by atoms with Gasteiger partial charge >= 0.3 is 0 Å². The summed E-state index contributed by atoms with van der Waals surface area (Å²) in [5, 5.41) is 0. The highest BCUT2D eigenvalue weighted by Crippen LogP contribution is 2.37. The molecule has 0 amide bonds. The molecule has 0 bridgehead atoms. The van der Waals surface area contributed by atoms with Crippen LogP contribution in [0.25, 0.3) is 11.1 Å². The van der Waals surface area contributed by atoms with Crippen LogP contribution >= 0.6 is 0 Å². The van der Waals surface area contributed by atoms with Crippen molar-refractivity contribution in [2.24, 2.45) is 4.99 Å². The number of aliphatic imine (C=N–C) groups is 1. The maximum Gasteiger partial charge on any atom is 0.0524 e. The van der Waals surface area contributed by atoms with Gasteiger partial charge in [-0.1, -0.05) is 51.8 Å². The average Bonchev–Trinajstić information content (AvgIpc) is 2.75. The predicted octanol–water partition coefficient (Wildman–Crippen LogP) is 7.17. The van der Waals surface area contributed by atoms with Gasteiger partial charge in [0.2, 0.25) is 0 Å². The largest absolute Gasteiger partial charge is 0.287 e. The zero-order valence-corrected chi connectivity index (χ0v) is 17.2. The zero-order valence-electron chi connectivity index (χ0n) is 17.2. The molecule has 0 fully saturated rings. The summed E-state index contributed by atoms with van der Waals surface area (Å²) in [5.41, 5.74) is 8.31. The molecule has 0 aliphatic heterocycles. The number of hydrogen-bond donors (Lipinski definition) is 0. The first-order valence-corrected chi connectivity index (χ1v) is 9.84. The van der Waals surface area contributed by atoms with Crippen LogP contribution < -0.4 is 0 Å². The second-order valence-corrected chi connectivity index (χ2v) is 8.62. The summed E-state index contributed by atoms with van der Waals surface area (Å²) in [4.78, 5) is 4.79. The van der Waals surface area contributed by atoms with Crippen molar-refractivity contribution in [2.45, 2.75) is 85.6 Å². The first kappa shape index (κ1) is 19.7. The van der Waals surface area contributed by atoms with E-state index in [1.807, 2.05) is 0 Å². The Balaban J connectivity index is 2.58. The van der Waals surface area contributed by atoms with Crippen molar-refractivity contribution in [3.8, 4) is 11.1 Å². The van der Waals surface area contributed by atoms with E-state index in [0.717, 1.165) is 6.42 Å². The third-order valence-corrected chi connectivity index (χ3v) is 4.77. The lowest BCUT2D eigenvalue weighted by molar-refractivity contribution is 0.587. The fourth-order valence-electron chi connectivity index (χ4n) is 3.29. The van der Waals surface area contributed by atoms with Crippen LogP contribution in [0.2, 0.25) is 0 Å². The summed E-state index contributed by atoms with van der Waals surface area (Å²) in [6.07, 6.45) is 7.08. The van der Waals surface area contributed by atoms with E-state index in [-0.39, 0.29) is 5.54 Å². The van der Waals surface area contributed by atoms with Crippen LogP contribution in [0.15, 0.2) is 29.3 Å². The first-order valence-electron chi connectivity index (χ1n) is 9.84. The topological polar surface area (TPSA) is 12.4 Å². The molecule has 0 saturated heterocycles. The number of nitrogens with zero attached hydrogens (tertiary/aromatic N) is 1. The molecule has 0 N–H and O–H groups in total. The van der Waals surface area contributed by atoms with E-state index in [0.29, 0.717) is 5.92 Å². The lowest BCUT2D eigenvalue weighted by Crippen LogP contribution is -2.09. The van der Waals surface area contributed by atoms with Gasteiger partial charge in [0, 0.05) is 11.8 Å². The molecule has 1 heteroatoms. The number of aryl methyl sites for hydroxylation is 2. The summed E-state index contributed by atoms with van der Waals surface area (Å²) in [7, 11) is 0. The van der Waals surface area contributed by atoms with Gasteiger partial charge in [-0.25, -0.2) is 0 Å². The quantitative estimate of drug-likeness (QED) is 0.391. The Morgan fingerprint density at radius 3 is 2.40 bits per heavy atom.